The van der Waals surface area contributed by atoms with E-state index in [2.05, 4.69) is 5.10 Å². The summed E-state index contributed by atoms with van der Waals surface area (Å²) in [6, 6.07) is 0.0260. The van der Waals surface area contributed by atoms with Crippen molar-refractivity contribution < 1.29 is 9.79 Å². The van der Waals surface area contributed by atoms with Crippen LogP contribution in [0.3, 0.4) is 0 Å². The molecular formula is C9H14N2O. The van der Waals surface area contributed by atoms with Gasteiger partial charge in [-0.15, -0.1) is 0 Å². The maximum atomic E-state index is 10.9. The zero-order valence-electron chi connectivity index (χ0n) is 7.42. The van der Waals surface area contributed by atoms with Crippen molar-refractivity contribution in [3.8, 4) is 0 Å². The second kappa shape index (κ2) is 2.88. The highest BCUT2D eigenvalue weighted by molar-refractivity contribution is 5.85. The molecule has 1 aliphatic carbocycles. The zero-order chi connectivity index (χ0) is 8.55. The molecule has 66 valence electrons. The highest BCUT2D eigenvalue weighted by Gasteiger charge is 2.31. The van der Waals surface area contributed by atoms with Crippen LogP contribution in [0.15, 0.2) is 5.10 Å². The van der Waals surface area contributed by atoms with Crippen LogP contribution in [0.4, 0.5) is 0 Å². The minimum atomic E-state index is 0.0260. The summed E-state index contributed by atoms with van der Waals surface area (Å²) in [7, 11) is 0. The molecule has 3 heteroatoms. The van der Waals surface area contributed by atoms with Crippen molar-refractivity contribution in [1.29, 1.82) is 0 Å². The molecule has 1 heterocycles. The fourth-order valence-corrected chi connectivity index (χ4v) is 1.86. The van der Waals surface area contributed by atoms with Crippen LogP contribution in [0.2, 0.25) is 0 Å². The third kappa shape index (κ3) is 1.13. The molecule has 2 aliphatic rings. The Bertz CT molecular complexity index is 247. The van der Waals surface area contributed by atoms with Gasteiger partial charge in [0.1, 0.15) is 5.90 Å². The molecular weight excluding hydrogens is 152 g/mol. The Hall–Kier alpha value is -0.860. The van der Waals surface area contributed by atoms with Crippen molar-refractivity contribution in [2.45, 2.75) is 45.1 Å². The molecule has 0 aromatic heterocycles. The molecule has 12 heavy (non-hydrogen) atoms. The average molecular weight is 166 g/mol. The van der Waals surface area contributed by atoms with Crippen molar-refractivity contribution >= 4 is 11.6 Å². The van der Waals surface area contributed by atoms with Crippen molar-refractivity contribution in [1.82, 2.24) is 0 Å². The van der Waals surface area contributed by atoms with Crippen LogP contribution in [0.1, 0.15) is 39.0 Å². The highest BCUT2D eigenvalue weighted by atomic mass is 16.3. The van der Waals surface area contributed by atoms with Crippen LogP contribution in [0, 0.1) is 0 Å². The molecule has 3 nitrogen and oxygen atoms in total. The first kappa shape index (κ1) is 7.77. The summed E-state index contributed by atoms with van der Waals surface area (Å²) in [4.78, 5) is 0. The fraction of sp³-hybridized carbons (Fsp3) is 0.778. The molecule has 0 bridgehead atoms. The molecule has 1 fully saturated rings. The van der Waals surface area contributed by atoms with Gasteiger partial charge in [0.25, 0.3) is 0 Å². The van der Waals surface area contributed by atoms with E-state index in [4.69, 9.17) is 0 Å². The fourth-order valence-electron chi connectivity index (χ4n) is 1.86. The van der Waals surface area contributed by atoms with Gasteiger partial charge in [-0.05, 0) is 17.9 Å². The molecule has 0 saturated heterocycles. The molecule has 0 N–H and O–H groups in total. The van der Waals surface area contributed by atoms with E-state index in [1.807, 2.05) is 11.6 Å². The summed E-state index contributed by atoms with van der Waals surface area (Å²) >= 11 is 0. The minimum absolute atomic E-state index is 0.0260. The third-order valence-electron chi connectivity index (χ3n) is 2.69. The normalized spacial score (nSPS) is 29.8. The lowest BCUT2D eigenvalue weighted by Gasteiger charge is -2.24. The Balaban J connectivity index is 2.16. The Labute approximate surface area is 72.4 Å². The molecule has 0 aromatic rings. The summed E-state index contributed by atoms with van der Waals surface area (Å²) in [6.45, 7) is 1.93. The first-order valence-electron chi connectivity index (χ1n) is 4.68. The van der Waals surface area contributed by atoms with E-state index >= 15 is 0 Å². The highest BCUT2D eigenvalue weighted by Crippen LogP contribution is 2.18. The predicted octanol–water partition coefficient (Wildman–Crippen LogP) is 0.480. The van der Waals surface area contributed by atoms with Gasteiger partial charge in [-0.3, -0.25) is 0 Å². The molecule has 0 radical (unpaired) electrons. The molecule has 0 aromatic carbocycles. The van der Waals surface area contributed by atoms with Gasteiger partial charge in [-0.2, -0.15) is 0 Å². The summed E-state index contributed by atoms with van der Waals surface area (Å²) in [5, 5.41) is 14.7. The summed E-state index contributed by atoms with van der Waals surface area (Å²) < 4.78 is 1.92. The van der Waals surface area contributed by atoms with Crippen LogP contribution in [0.25, 0.3) is 0 Å². The van der Waals surface area contributed by atoms with E-state index in [1.54, 1.807) is 0 Å². The Kier molecular flexibility index (Phi) is 1.87. The number of hydrogen-bond acceptors (Lipinski definition) is 2. The molecule has 0 spiro atoms. The van der Waals surface area contributed by atoms with Gasteiger partial charge in [0.05, 0.1) is 0 Å². The van der Waals surface area contributed by atoms with E-state index < -0.39 is 0 Å². The van der Waals surface area contributed by atoms with Crippen molar-refractivity contribution in [3.05, 3.63) is 0 Å². The SMILES string of the molecule is CC1C([O-])=N[N+]1=C1CCCCC1. The maximum Gasteiger partial charge on any atom is 0.215 e. The van der Waals surface area contributed by atoms with E-state index in [9.17, 15) is 5.11 Å². The van der Waals surface area contributed by atoms with E-state index in [0.29, 0.717) is 0 Å². The first-order valence-corrected chi connectivity index (χ1v) is 4.68. The van der Waals surface area contributed by atoms with E-state index in [1.165, 1.54) is 25.0 Å². The number of hydrogen-bond donors (Lipinski definition) is 0. The standard InChI is InChI=1S/C9H14N2O/c1-7-9(12)10-11(7)8-5-3-2-4-6-8/h7H,2-6H2,1H3. The predicted molar refractivity (Wildman–Crippen MR) is 45.2 cm³/mol. The maximum absolute atomic E-state index is 10.9. The molecule has 1 atom stereocenters. The van der Waals surface area contributed by atoms with Crippen molar-refractivity contribution in [2.75, 3.05) is 0 Å². The topological polar surface area (TPSA) is 38.4 Å². The zero-order valence-corrected chi connectivity index (χ0v) is 7.42. The third-order valence-corrected chi connectivity index (χ3v) is 2.69. The number of nitrogens with zero attached hydrogens (tertiary/aromatic N) is 2. The first-order chi connectivity index (χ1) is 5.79. The molecule has 1 aliphatic heterocycles. The van der Waals surface area contributed by atoms with Crippen LogP contribution in [-0.4, -0.2) is 22.3 Å². The van der Waals surface area contributed by atoms with E-state index in [0.717, 1.165) is 12.8 Å². The Morgan fingerprint density at radius 1 is 1.33 bits per heavy atom. The second-order valence-electron chi connectivity index (χ2n) is 3.59. The van der Waals surface area contributed by atoms with Crippen LogP contribution < -0.4 is 5.11 Å². The second-order valence-corrected chi connectivity index (χ2v) is 3.59. The van der Waals surface area contributed by atoms with Crippen LogP contribution in [-0.2, 0) is 0 Å². The quantitative estimate of drug-likeness (QED) is 0.482. The van der Waals surface area contributed by atoms with Gasteiger partial charge >= 0.3 is 0 Å². The summed E-state index contributed by atoms with van der Waals surface area (Å²) in [5.41, 5.74) is 1.37. The molecule has 1 saturated carbocycles. The van der Waals surface area contributed by atoms with Crippen LogP contribution in [0.5, 0.6) is 0 Å². The van der Waals surface area contributed by atoms with Gasteiger partial charge < -0.3 is 5.11 Å². The number of hydrazone groups is 1. The Morgan fingerprint density at radius 2 is 2.00 bits per heavy atom. The van der Waals surface area contributed by atoms with Gasteiger partial charge in [0.15, 0.2) is 5.71 Å². The summed E-state index contributed by atoms with van der Waals surface area (Å²) in [5.74, 6) is 0.0353. The Morgan fingerprint density at radius 3 is 2.50 bits per heavy atom. The number of rotatable bonds is 0. The lowest BCUT2D eigenvalue weighted by atomic mass is 9.98. The smallest absolute Gasteiger partial charge is 0.215 e. The lowest BCUT2D eigenvalue weighted by molar-refractivity contribution is -0.598. The van der Waals surface area contributed by atoms with Crippen molar-refractivity contribution in [2.24, 2.45) is 5.10 Å². The van der Waals surface area contributed by atoms with Gasteiger partial charge in [0.2, 0.25) is 6.04 Å². The monoisotopic (exact) mass is 166 g/mol. The van der Waals surface area contributed by atoms with Gasteiger partial charge in [-0.25, -0.2) is 0 Å². The minimum Gasteiger partial charge on any atom is -0.853 e. The lowest BCUT2D eigenvalue weighted by Crippen LogP contribution is -2.49. The largest absolute Gasteiger partial charge is 0.853 e. The van der Waals surface area contributed by atoms with Gasteiger partial charge in [0, 0.05) is 19.8 Å². The average Bonchev–Trinajstić information content (AvgIpc) is 2.15. The van der Waals surface area contributed by atoms with E-state index in [-0.39, 0.29) is 11.9 Å². The van der Waals surface area contributed by atoms with Crippen LogP contribution >= 0.6 is 0 Å². The van der Waals surface area contributed by atoms with Crippen molar-refractivity contribution in [3.63, 3.8) is 0 Å². The van der Waals surface area contributed by atoms with Gasteiger partial charge in [-0.1, -0.05) is 11.1 Å². The molecule has 0 amide bonds. The molecule has 1 unspecified atom stereocenters. The molecule has 2 rings (SSSR count). The summed E-state index contributed by atoms with van der Waals surface area (Å²) in [6.07, 6.45) is 6.15.